The van der Waals surface area contributed by atoms with Crippen molar-refractivity contribution in [3.8, 4) is 0 Å². The van der Waals surface area contributed by atoms with Gasteiger partial charge in [0.1, 0.15) is 6.04 Å². The molecule has 11 heteroatoms. The second-order valence-corrected chi connectivity index (χ2v) is 14.3. The monoisotopic (exact) mass is 574 g/mol. The van der Waals surface area contributed by atoms with Gasteiger partial charge in [-0.3, -0.25) is 19.3 Å². The summed E-state index contributed by atoms with van der Waals surface area (Å²) in [6.45, 7) is 16.1. The third-order valence-electron chi connectivity index (χ3n) is 6.99. The van der Waals surface area contributed by atoms with Gasteiger partial charge in [0.05, 0.1) is 17.8 Å². The van der Waals surface area contributed by atoms with E-state index in [1.807, 2.05) is 34.6 Å². The minimum Gasteiger partial charge on any atom is -0.342 e. The smallest absolute Gasteiger partial charge is 0.260 e. The lowest BCUT2D eigenvalue weighted by Crippen LogP contribution is -2.60. The summed E-state index contributed by atoms with van der Waals surface area (Å²) in [5.74, 6) is -0.987. The number of likely N-dealkylation sites (tertiary alicyclic amines) is 1. The van der Waals surface area contributed by atoms with E-state index in [1.165, 1.54) is 6.92 Å². The largest absolute Gasteiger partial charge is 0.342 e. The molecule has 1 fully saturated rings. The number of nitrogens with zero attached hydrogens (tertiary/aromatic N) is 2. The number of sulfonamides is 1. The molecule has 1 aliphatic rings. The van der Waals surface area contributed by atoms with Crippen LogP contribution in [0.2, 0.25) is 0 Å². The molecule has 3 atom stereocenters. The van der Waals surface area contributed by atoms with Gasteiger partial charge in [-0.25, -0.2) is 13.1 Å². The van der Waals surface area contributed by atoms with Crippen molar-refractivity contribution in [2.75, 3.05) is 25.1 Å². The molecule has 0 aromatic heterocycles. The van der Waals surface area contributed by atoms with Crippen molar-refractivity contribution < 1.29 is 22.8 Å². The molecule has 0 spiro atoms. The Labute approximate surface area is 236 Å². The van der Waals surface area contributed by atoms with E-state index in [2.05, 4.69) is 41.4 Å². The standard InChI is InChI=1S/C27H50N4O5S2/c1-18(2)22(17-20(5)24(32)29-38(35,36)16-12-15-37)30(9)26(34)23(27(6,7)8)28-25(33)21-13-10-11-14-31(21)19(3)4/h17-19,21-23,37H,10-16H2,1-9H3,(H,28,33)(H,29,32)/b20-17+/t21-,22+,23+/m0/s1. The fraction of sp³-hybridized carbons (Fsp3) is 0.815. The van der Waals surface area contributed by atoms with E-state index in [4.69, 9.17) is 0 Å². The molecule has 0 bridgehead atoms. The summed E-state index contributed by atoms with van der Waals surface area (Å²) < 4.78 is 26.4. The van der Waals surface area contributed by atoms with Crippen LogP contribution in [0, 0.1) is 11.3 Å². The van der Waals surface area contributed by atoms with Crippen LogP contribution in [0.5, 0.6) is 0 Å². The zero-order valence-electron chi connectivity index (χ0n) is 24.7. The third-order valence-corrected chi connectivity index (χ3v) is 8.62. The topological polar surface area (TPSA) is 116 Å². The highest BCUT2D eigenvalue weighted by Crippen LogP contribution is 2.26. The molecular formula is C27H50N4O5S2. The van der Waals surface area contributed by atoms with Gasteiger partial charge < -0.3 is 10.2 Å². The van der Waals surface area contributed by atoms with Gasteiger partial charge in [0, 0.05) is 18.7 Å². The number of hydrogen-bond donors (Lipinski definition) is 3. The van der Waals surface area contributed by atoms with Gasteiger partial charge in [-0.05, 0) is 63.7 Å². The van der Waals surface area contributed by atoms with Crippen LogP contribution >= 0.6 is 12.6 Å². The molecule has 0 unspecified atom stereocenters. The number of hydrogen-bond acceptors (Lipinski definition) is 7. The van der Waals surface area contributed by atoms with E-state index in [1.54, 1.807) is 18.0 Å². The number of rotatable bonds is 12. The van der Waals surface area contributed by atoms with Gasteiger partial charge in [0.2, 0.25) is 21.8 Å². The van der Waals surface area contributed by atoms with Gasteiger partial charge in [0.15, 0.2) is 0 Å². The molecule has 38 heavy (non-hydrogen) atoms. The average Bonchev–Trinajstić information content (AvgIpc) is 2.82. The van der Waals surface area contributed by atoms with E-state index in [-0.39, 0.29) is 41.1 Å². The Morgan fingerprint density at radius 2 is 1.74 bits per heavy atom. The Balaban J connectivity index is 3.16. The third kappa shape index (κ3) is 10.2. The fourth-order valence-corrected chi connectivity index (χ4v) is 6.14. The second kappa shape index (κ2) is 14.7. The minimum absolute atomic E-state index is 0.0708. The highest BCUT2D eigenvalue weighted by molar-refractivity contribution is 7.90. The molecule has 0 aromatic carbocycles. The van der Waals surface area contributed by atoms with Gasteiger partial charge in [-0.2, -0.15) is 12.6 Å². The van der Waals surface area contributed by atoms with Gasteiger partial charge >= 0.3 is 0 Å². The molecule has 3 amide bonds. The van der Waals surface area contributed by atoms with Crippen molar-refractivity contribution in [1.82, 2.24) is 19.8 Å². The molecule has 1 heterocycles. The average molecular weight is 575 g/mol. The normalized spacial score (nSPS) is 19.3. The summed E-state index contributed by atoms with van der Waals surface area (Å²) in [4.78, 5) is 43.6. The van der Waals surface area contributed by atoms with Crippen LogP contribution < -0.4 is 10.0 Å². The number of carbonyl (C=O) groups is 3. The highest BCUT2D eigenvalue weighted by atomic mass is 32.2. The van der Waals surface area contributed by atoms with Crippen molar-refractivity contribution in [3.05, 3.63) is 11.6 Å². The zero-order valence-corrected chi connectivity index (χ0v) is 26.4. The Kier molecular flexibility index (Phi) is 13.3. The van der Waals surface area contributed by atoms with E-state index < -0.39 is 33.4 Å². The van der Waals surface area contributed by atoms with Gasteiger partial charge in [-0.1, -0.05) is 47.1 Å². The van der Waals surface area contributed by atoms with Crippen molar-refractivity contribution in [3.63, 3.8) is 0 Å². The quantitative estimate of drug-likeness (QED) is 0.244. The second-order valence-electron chi connectivity index (χ2n) is 12.0. The zero-order chi connectivity index (χ0) is 29.4. The lowest BCUT2D eigenvalue weighted by molar-refractivity contribution is -0.142. The van der Waals surface area contributed by atoms with Crippen molar-refractivity contribution in [2.24, 2.45) is 11.3 Å². The van der Waals surface area contributed by atoms with E-state index >= 15 is 0 Å². The summed E-state index contributed by atoms with van der Waals surface area (Å²) in [5, 5.41) is 3.06. The summed E-state index contributed by atoms with van der Waals surface area (Å²) >= 11 is 4.02. The Hall–Kier alpha value is -1.59. The highest BCUT2D eigenvalue weighted by Gasteiger charge is 2.39. The maximum Gasteiger partial charge on any atom is 0.260 e. The lowest BCUT2D eigenvalue weighted by atomic mass is 9.84. The Morgan fingerprint density at radius 3 is 2.24 bits per heavy atom. The predicted octanol–water partition coefficient (Wildman–Crippen LogP) is 2.98. The van der Waals surface area contributed by atoms with Gasteiger partial charge in [0.25, 0.3) is 5.91 Å². The van der Waals surface area contributed by atoms with Crippen molar-refractivity contribution in [1.29, 1.82) is 0 Å². The Morgan fingerprint density at radius 1 is 1.13 bits per heavy atom. The summed E-state index contributed by atoms with van der Waals surface area (Å²) in [7, 11) is -2.11. The molecule has 1 aliphatic heterocycles. The van der Waals surface area contributed by atoms with Crippen LogP contribution in [-0.2, 0) is 24.4 Å². The first-order valence-electron chi connectivity index (χ1n) is 13.6. The fourth-order valence-electron chi connectivity index (χ4n) is 4.70. The van der Waals surface area contributed by atoms with Crippen LogP contribution in [0.1, 0.15) is 81.1 Å². The first-order valence-corrected chi connectivity index (χ1v) is 15.9. The Bertz CT molecular complexity index is 957. The number of likely N-dealkylation sites (N-methyl/N-ethyl adjacent to an activating group) is 1. The van der Waals surface area contributed by atoms with Crippen molar-refractivity contribution in [2.45, 2.75) is 105 Å². The van der Waals surface area contributed by atoms with Crippen LogP contribution in [0.4, 0.5) is 0 Å². The summed E-state index contributed by atoms with van der Waals surface area (Å²) in [6, 6.07) is -1.31. The lowest BCUT2D eigenvalue weighted by Gasteiger charge is -2.41. The number of nitrogens with one attached hydrogen (secondary N) is 2. The minimum atomic E-state index is -3.77. The maximum absolute atomic E-state index is 13.8. The molecule has 220 valence electrons. The van der Waals surface area contributed by atoms with Crippen LogP contribution in [0.15, 0.2) is 11.6 Å². The predicted molar refractivity (Wildman–Crippen MR) is 156 cm³/mol. The molecule has 0 radical (unpaired) electrons. The van der Waals surface area contributed by atoms with E-state index in [0.717, 1.165) is 25.8 Å². The van der Waals surface area contributed by atoms with E-state index in [0.29, 0.717) is 12.2 Å². The molecule has 1 rings (SSSR count). The molecule has 1 saturated heterocycles. The number of piperidine rings is 1. The van der Waals surface area contributed by atoms with Crippen LogP contribution in [-0.4, -0.2) is 85.2 Å². The molecule has 0 saturated carbocycles. The van der Waals surface area contributed by atoms with Crippen LogP contribution in [0.25, 0.3) is 0 Å². The summed E-state index contributed by atoms with van der Waals surface area (Å²) in [6.07, 6.45) is 4.73. The maximum atomic E-state index is 13.8. The first kappa shape index (κ1) is 34.4. The van der Waals surface area contributed by atoms with Gasteiger partial charge in [-0.15, -0.1) is 0 Å². The number of amides is 3. The first-order chi connectivity index (χ1) is 17.4. The number of carbonyl (C=O) groups excluding carboxylic acids is 3. The van der Waals surface area contributed by atoms with Crippen molar-refractivity contribution >= 4 is 40.4 Å². The molecule has 2 N–H and O–H groups in total. The molecule has 9 nitrogen and oxygen atoms in total. The van der Waals surface area contributed by atoms with E-state index in [9.17, 15) is 22.8 Å². The number of thiol groups is 1. The van der Waals surface area contributed by atoms with Crippen LogP contribution in [0.3, 0.4) is 0 Å². The SMILES string of the molecule is C/C(=C\[C@H](C(C)C)N(C)C(=O)[C@@H](NC(=O)[C@@H]1CCCCN1C(C)C)C(C)(C)C)C(=O)NS(=O)(=O)CCCS. The molecule has 0 aliphatic carbocycles. The molecule has 0 aromatic rings. The molecular weight excluding hydrogens is 524 g/mol. The summed E-state index contributed by atoms with van der Waals surface area (Å²) in [5.41, 5.74) is -0.360.